The molecular weight excluding hydrogens is 328 g/mol. The second-order valence-electron chi connectivity index (χ2n) is 7.42. The van der Waals surface area contributed by atoms with Gasteiger partial charge in [-0.1, -0.05) is 25.1 Å². The number of hydrogen-bond donors (Lipinski definition) is 0. The number of benzene rings is 1. The Labute approximate surface area is 153 Å². The normalized spacial score (nSPS) is 17.3. The molecule has 5 nitrogen and oxygen atoms in total. The Balaban J connectivity index is 1.53. The number of aryl methyl sites for hydroxylation is 1. The SMILES string of the molecule is CC1CCN(C(=O)COC(=O)c2c3c(nc4ccccc24)CCC3)CC1. The van der Waals surface area contributed by atoms with E-state index in [9.17, 15) is 9.59 Å². The van der Waals surface area contributed by atoms with Gasteiger partial charge in [0.05, 0.1) is 11.1 Å². The molecule has 4 rings (SSSR count). The summed E-state index contributed by atoms with van der Waals surface area (Å²) in [5.41, 5.74) is 3.40. The second-order valence-corrected chi connectivity index (χ2v) is 7.42. The van der Waals surface area contributed by atoms with Gasteiger partial charge in [-0.05, 0) is 49.7 Å². The number of likely N-dealkylation sites (tertiary alicyclic amines) is 1. The lowest BCUT2D eigenvalue weighted by Crippen LogP contribution is -2.40. The van der Waals surface area contributed by atoms with Gasteiger partial charge in [-0.25, -0.2) is 4.79 Å². The quantitative estimate of drug-likeness (QED) is 0.796. The number of nitrogens with zero attached hydrogens (tertiary/aromatic N) is 2. The van der Waals surface area contributed by atoms with Gasteiger partial charge in [-0.2, -0.15) is 0 Å². The molecule has 2 aliphatic rings. The maximum atomic E-state index is 12.8. The number of amides is 1. The first-order chi connectivity index (χ1) is 12.6. The van der Waals surface area contributed by atoms with Crippen LogP contribution in [0.5, 0.6) is 0 Å². The van der Waals surface area contributed by atoms with Gasteiger partial charge < -0.3 is 9.64 Å². The Morgan fingerprint density at radius 3 is 2.77 bits per heavy atom. The summed E-state index contributed by atoms with van der Waals surface area (Å²) in [6.07, 6.45) is 4.77. The lowest BCUT2D eigenvalue weighted by atomic mass is 9.99. The summed E-state index contributed by atoms with van der Waals surface area (Å²) >= 11 is 0. The number of esters is 1. The molecule has 1 aromatic carbocycles. The number of pyridine rings is 1. The molecular formula is C21H24N2O3. The molecule has 0 atom stereocenters. The summed E-state index contributed by atoms with van der Waals surface area (Å²) in [5, 5.41) is 0.817. The minimum atomic E-state index is -0.402. The van der Waals surface area contributed by atoms with E-state index in [2.05, 4.69) is 6.92 Å². The van der Waals surface area contributed by atoms with Crippen LogP contribution in [0.1, 0.15) is 47.8 Å². The molecule has 0 radical (unpaired) electrons. The van der Waals surface area contributed by atoms with Crippen LogP contribution >= 0.6 is 0 Å². The Morgan fingerprint density at radius 2 is 1.96 bits per heavy atom. The minimum absolute atomic E-state index is 0.0970. The molecule has 136 valence electrons. The van der Waals surface area contributed by atoms with E-state index in [0.29, 0.717) is 11.5 Å². The van der Waals surface area contributed by atoms with Crippen LogP contribution < -0.4 is 0 Å². The molecule has 1 saturated heterocycles. The van der Waals surface area contributed by atoms with Crippen molar-refractivity contribution >= 4 is 22.8 Å². The van der Waals surface area contributed by atoms with Gasteiger partial charge in [0.15, 0.2) is 6.61 Å². The molecule has 0 spiro atoms. The van der Waals surface area contributed by atoms with Crippen LogP contribution in [0.3, 0.4) is 0 Å². The van der Waals surface area contributed by atoms with E-state index in [1.54, 1.807) is 0 Å². The fourth-order valence-corrected chi connectivity index (χ4v) is 3.99. The third-order valence-electron chi connectivity index (χ3n) is 5.59. The predicted octanol–water partition coefficient (Wildman–Crippen LogP) is 3.14. The van der Waals surface area contributed by atoms with E-state index >= 15 is 0 Å². The molecule has 1 aromatic heterocycles. The fourth-order valence-electron chi connectivity index (χ4n) is 3.99. The van der Waals surface area contributed by atoms with E-state index in [0.717, 1.165) is 67.4 Å². The van der Waals surface area contributed by atoms with Crippen LogP contribution in [0.2, 0.25) is 0 Å². The van der Waals surface area contributed by atoms with Gasteiger partial charge in [0.2, 0.25) is 0 Å². The average Bonchev–Trinajstić information content (AvgIpc) is 3.12. The van der Waals surface area contributed by atoms with Crippen molar-refractivity contribution in [2.45, 2.75) is 39.0 Å². The lowest BCUT2D eigenvalue weighted by molar-refractivity contribution is -0.135. The van der Waals surface area contributed by atoms with Gasteiger partial charge in [-0.3, -0.25) is 9.78 Å². The maximum absolute atomic E-state index is 12.8. The number of carbonyl (C=O) groups is 2. The molecule has 1 aliphatic carbocycles. The summed E-state index contributed by atoms with van der Waals surface area (Å²) in [4.78, 5) is 31.7. The Hall–Kier alpha value is -2.43. The Bertz CT molecular complexity index is 854. The first-order valence-electron chi connectivity index (χ1n) is 9.49. The summed E-state index contributed by atoms with van der Waals surface area (Å²) in [6.45, 7) is 3.53. The zero-order chi connectivity index (χ0) is 18.1. The van der Waals surface area contributed by atoms with Crippen LogP contribution in [-0.4, -0.2) is 41.5 Å². The summed E-state index contributed by atoms with van der Waals surface area (Å²) in [7, 11) is 0. The van der Waals surface area contributed by atoms with Gasteiger partial charge >= 0.3 is 5.97 Å². The van der Waals surface area contributed by atoms with E-state index < -0.39 is 5.97 Å². The number of rotatable bonds is 3. The number of piperidine rings is 1. The van der Waals surface area contributed by atoms with E-state index in [1.807, 2.05) is 29.2 Å². The molecule has 1 aliphatic heterocycles. The van der Waals surface area contributed by atoms with Crippen LogP contribution in [-0.2, 0) is 22.4 Å². The monoisotopic (exact) mass is 352 g/mol. The van der Waals surface area contributed by atoms with Crippen LogP contribution in [0.4, 0.5) is 0 Å². The van der Waals surface area contributed by atoms with Crippen molar-refractivity contribution in [3.05, 3.63) is 41.1 Å². The molecule has 5 heteroatoms. The van der Waals surface area contributed by atoms with Crippen LogP contribution in [0.15, 0.2) is 24.3 Å². The number of fused-ring (bicyclic) bond motifs is 2. The van der Waals surface area contributed by atoms with Crippen molar-refractivity contribution in [2.24, 2.45) is 5.92 Å². The smallest absolute Gasteiger partial charge is 0.339 e. The molecule has 0 N–H and O–H groups in total. The largest absolute Gasteiger partial charge is 0.452 e. The second kappa shape index (κ2) is 7.06. The third kappa shape index (κ3) is 3.18. The highest BCUT2D eigenvalue weighted by molar-refractivity contribution is 6.05. The average molecular weight is 352 g/mol. The van der Waals surface area contributed by atoms with E-state index in [1.165, 1.54) is 0 Å². The standard InChI is InChI=1S/C21H24N2O3/c1-14-9-11-23(12-10-14)19(24)13-26-21(25)20-15-5-2-3-7-17(15)22-18-8-4-6-16(18)20/h2-3,5,7,14H,4,6,8-13H2,1H3. The van der Waals surface area contributed by atoms with Crippen molar-refractivity contribution in [3.63, 3.8) is 0 Å². The topological polar surface area (TPSA) is 59.5 Å². The summed E-state index contributed by atoms with van der Waals surface area (Å²) in [5.74, 6) is 0.160. The molecule has 0 saturated carbocycles. The minimum Gasteiger partial charge on any atom is -0.452 e. The molecule has 0 unspecified atom stereocenters. The lowest BCUT2D eigenvalue weighted by Gasteiger charge is -2.30. The van der Waals surface area contributed by atoms with Gasteiger partial charge in [0.1, 0.15) is 0 Å². The zero-order valence-electron chi connectivity index (χ0n) is 15.2. The molecule has 2 aromatic rings. The first kappa shape index (κ1) is 17.0. The summed E-state index contributed by atoms with van der Waals surface area (Å²) < 4.78 is 5.45. The highest BCUT2D eigenvalue weighted by atomic mass is 16.5. The first-order valence-corrected chi connectivity index (χ1v) is 9.49. The maximum Gasteiger partial charge on any atom is 0.339 e. The van der Waals surface area contributed by atoms with Gasteiger partial charge in [-0.15, -0.1) is 0 Å². The van der Waals surface area contributed by atoms with Crippen molar-refractivity contribution in [2.75, 3.05) is 19.7 Å². The third-order valence-corrected chi connectivity index (χ3v) is 5.59. The number of carbonyl (C=O) groups excluding carboxylic acids is 2. The molecule has 1 fully saturated rings. The predicted molar refractivity (Wildman–Crippen MR) is 99.0 cm³/mol. The Kier molecular flexibility index (Phi) is 4.62. The van der Waals surface area contributed by atoms with Crippen LogP contribution in [0.25, 0.3) is 10.9 Å². The number of aromatic nitrogens is 1. The highest BCUT2D eigenvalue weighted by Crippen LogP contribution is 2.30. The van der Waals surface area contributed by atoms with Crippen molar-refractivity contribution < 1.29 is 14.3 Å². The molecule has 26 heavy (non-hydrogen) atoms. The molecule has 1 amide bonds. The van der Waals surface area contributed by atoms with Crippen LogP contribution in [0, 0.1) is 5.92 Å². The number of para-hydroxylation sites is 1. The number of hydrogen-bond acceptors (Lipinski definition) is 4. The van der Waals surface area contributed by atoms with Crippen molar-refractivity contribution in [1.29, 1.82) is 0 Å². The highest BCUT2D eigenvalue weighted by Gasteiger charge is 2.26. The van der Waals surface area contributed by atoms with Gasteiger partial charge in [0.25, 0.3) is 5.91 Å². The van der Waals surface area contributed by atoms with Crippen molar-refractivity contribution in [3.8, 4) is 0 Å². The Morgan fingerprint density at radius 1 is 1.19 bits per heavy atom. The fraction of sp³-hybridized carbons (Fsp3) is 0.476. The zero-order valence-corrected chi connectivity index (χ0v) is 15.2. The van der Waals surface area contributed by atoms with Gasteiger partial charge in [0, 0.05) is 24.2 Å². The molecule has 0 bridgehead atoms. The van der Waals surface area contributed by atoms with Crippen molar-refractivity contribution in [1.82, 2.24) is 9.88 Å². The number of ether oxygens (including phenoxy) is 1. The van der Waals surface area contributed by atoms with E-state index in [-0.39, 0.29) is 12.5 Å². The van der Waals surface area contributed by atoms with E-state index in [4.69, 9.17) is 9.72 Å². The molecule has 2 heterocycles. The summed E-state index contributed by atoms with van der Waals surface area (Å²) in [6, 6.07) is 7.66.